The van der Waals surface area contributed by atoms with Crippen molar-refractivity contribution in [3.8, 4) is 0 Å². The van der Waals surface area contributed by atoms with E-state index in [0.717, 1.165) is 32.5 Å². The van der Waals surface area contributed by atoms with Crippen molar-refractivity contribution >= 4 is 6.03 Å². The van der Waals surface area contributed by atoms with Gasteiger partial charge in [0.1, 0.15) is 0 Å². The quantitative estimate of drug-likeness (QED) is 0.819. The molecule has 1 saturated carbocycles. The highest BCUT2D eigenvalue weighted by Crippen LogP contribution is 2.45. The van der Waals surface area contributed by atoms with E-state index in [2.05, 4.69) is 19.2 Å². The van der Waals surface area contributed by atoms with Gasteiger partial charge in [-0.3, -0.25) is 0 Å². The van der Waals surface area contributed by atoms with E-state index in [1.54, 1.807) is 0 Å². The zero-order valence-electron chi connectivity index (χ0n) is 13.9. The maximum Gasteiger partial charge on any atom is 0.317 e. The van der Waals surface area contributed by atoms with Gasteiger partial charge in [-0.05, 0) is 56.3 Å². The van der Waals surface area contributed by atoms with E-state index in [-0.39, 0.29) is 12.1 Å². The number of aliphatic hydroxyl groups is 1. The average Bonchev–Trinajstić information content (AvgIpc) is 2.41. The van der Waals surface area contributed by atoms with Crippen LogP contribution in [-0.4, -0.2) is 41.8 Å². The fourth-order valence-corrected chi connectivity index (χ4v) is 3.96. The number of hydrogen-bond acceptors (Lipinski definition) is 2. The number of carbonyl (C=O) groups excluding carboxylic acids is 1. The highest BCUT2D eigenvalue weighted by Gasteiger charge is 2.38. The lowest BCUT2D eigenvalue weighted by molar-refractivity contribution is 0.0742. The molecule has 2 rings (SSSR count). The van der Waals surface area contributed by atoms with Gasteiger partial charge in [0.15, 0.2) is 0 Å². The molecule has 4 nitrogen and oxygen atoms in total. The summed E-state index contributed by atoms with van der Waals surface area (Å²) >= 11 is 0. The zero-order chi connectivity index (χ0) is 15.5. The Morgan fingerprint density at radius 2 is 1.90 bits per heavy atom. The van der Waals surface area contributed by atoms with Crippen molar-refractivity contribution in [2.45, 2.75) is 65.4 Å². The average molecular weight is 296 g/mol. The molecule has 1 aliphatic heterocycles. The Labute approximate surface area is 129 Å². The second-order valence-corrected chi connectivity index (χ2v) is 7.68. The van der Waals surface area contributed by atoms with Crippen LogP contribution in [0.3, 0.4) is 0 Å². The van der Waals surface area contributed by atoms with Crippen molar-refractivity contribution in [1.82, 2.24) is 10.2 Å². The molecule has 0 aromatic heterocycles. The molecular weight excluding hydrogens is 264 g/mol. The van der Waals surface area contributed by atoms with Gasteiger partial charge in [0.05, 0.1) is 6.10 Å². The number of nitrogens with one attached hydrogen (secondary N) is 1. The third-order valence-corrected chi connectivity index (χ3v) is 5.38. The molecule has 122 valence electrons. The number of rotatable bonds is 5. The third-order valence-electron chi connectivity index (χ3n) is 5.38. The summed E-state index contributed by atoms with van der Waals surface area (Å²) in [6.45, 7) is 8.77. The van der Waals surface area contributed by atoms with Crippen molar-refractivity contribution in [2.24, 2.45) is 17.3 Å². The first kappa shape index (κ1) is 16.6. The molecule has 2 fully saturated rings. The number of piperidine rings is 1. The van der Waals surface area contributed by atoms with Crippen molar-refractivity contribution in [2.75, 3.05) is 19.6 Å². The van der Waals surface area contributed by atoms with Crippen LogP contribution in [0.2, 0.25) is 0 Å². The largest absolute Gasteiger partial charge is 0.393 e. The third kappa shape index (κ3) is 4.35. The topological polar surface area (TPSA) is 52.6 Å². The van der Waals surface area contributed by atoms with E-state index in [0.29, 0.717) is 17.3 Å². The van der Waals surface area contributed by atoms with E-state index >= 15 is 0 Å². The minimum Gasteiger partial charge on any atom is -0.393 e. The second kappa shape index (κ2) is 6.99. The molecule has 0 bridgehead atoms. The highest BCUT2D eigenvalue weighted by molar-refractivity contribution is 5.74. The van der Waals surface area contributed by atoms with Gasteiger partial charge in [-0.2, -0.15) is 0 Å². The van der Waals surface area contributed by atoms with Crippen LogP contribution in [0.5, 0.6) is 0 Å². The Hall–Kier alpha value is -0.770. The SMILES string of the molecule is CC(C)CC1(CNC(=O)N2CCC(C(C)O)CC2)CCC1. The lowest BCUT2D eigenvalue weighted by Crippen LogP contribution is -2.50. The second-order valence-electron chi connectivity index (χ2n) is 7.68. The van der Waals surface area contributed by atoms with Crippen molar-refractivity contribution in [1.29, 1.82) is 0 Å². The van der Waals surface area contributed by atoms with Gasteiger partial charge in [-0.15, -0.1) is 0 Å². The molecule has 0 aromatic carbocycles. The minimum absolute atomic E-state index is 0.0917. The smallest absolute Gasteiger partial charge is 0.317 e. The summed E-state index contributed by atoms with van der Waals surface area (Å²) in [5.41, 5.74) is 0.363. The molecule has 2 aliphatic rings. The number of aliphatic hydroxyl groups excluding tert-OH is 1. The number of nitrogens with zero attached hydrogens (tertiary/aromatic N) is 1. The predicted molar refractivity (Wildman–Crippen MR) is 85.1 cm³/mol. The Morgan fingerprint density at radius 1 is 1.29 bits per heavy atom. The minimum atomic E-state index is -0.250. The van der Waals surface area contributed by atoms with Crippen molar-refractivity contribution < 1.29 is 9.90 Å². The Bertz CT molecular complexity index is 343. The fraction of sp³-hybridized carbons (Fsp3) is 0.941. The summed E-state index contributed by atoms with van der Waals surface area (Å²) in [6, 6.07) is 0.0917. The summed E-state index contributed by atoms with van der Waals surface area (Å²) in [6.07, 6.45) is 6.63. The molecule has 21 heavy (non-hydrogen) atoms. The molecule has 1 aliphatic carbocycles. The molecule has 0 spiro atoms. The maximum atomic E-state index is 12.3. The first-order chi connectivity index (χ1) is 9.92. The lowest BCUT2D eigenvalue weighted by Gasteiger charge is -2.44. The summed E-state index contributed by atoms with van der Waals surface area (Å²) in [7, 11) is 0. The highest BCUT2D eigenvalue weighted by atomic mass is 16.3. The number of carbonyl (C=O) groups is 1. The number of likely N-dealkylation sites (tertiary alicyclic amines) is 1. The molecule has 1 unspecified atom stereocenters. The van der Waals surface area contributed by atoms with Crippen LogP contribution >= 0.6 is 0 Å². The number of hydrogen-bond donors (Lipinski definition) is 2. The van der Waals surface area contributed by atoms with Crippen molar-refractivity contribution in [3.63, 3.8) is 0 Å². The van der Waals surface area contributed by atoms with Gasteiger partial charge < -0.3 is 15.3 Å². The summed E-state index contributed by atoms with van der Waals surface area (Å²) in [5, 5.41) is 12.8. The Morgan fingerprint density at radius 3 is 2.33 bits per heavy atom. The Balaban J connectivity index is 1.75. The Kier molecular flexibility index (Phi) is 5.53. The van der Waals surface area contributed by atoms with E-state index in [1.807, 2.05) is 11.8 Å². The first-order valence-corrected chi connectivity index (χ1v) is 8.63. The summed E-state index contributed by atoms with van der Waals surface area (Å²) in [4.78, 5) is 14.2. The summed E-state index contributed by atoms with van der Waals surface area (Å²) < 4.78 is 0. The van der Waals surface area contributed by atoms with Gasteiger partial charge in [0, 0.05) is 19.6 Å². The van der Waals surface area contributed by atoms with Gasteiger partial charge in [-0.1, -0.05) is 20.3 Å². The van der Waals surface area contributed by atoms with Gasteiger partial charge in [0.2, 0.25) is 0 Å². The number of amides is 2. The van der Waals surface area contributed by atoms with Crippen LogP contribution in [0.4, 0.5) is 4.79 Å². The first-order valence-electron chi connectivity index (χ1n) is 8.63. The van der Waals surface area contributed by atoms with E-state index in [1.165, 1.54) is 25.7 Å². The molecule has 0 radical (unpaired) electrons. The van der Waals surface area contributed by atoms with E-state index < -0.39 is 0 Å². The van der Waals surface area contributed by atoms with Gasteiger partial charge >= 0.3 is 6.03 Å². The molecule has 2 N–H and O–H groups in total. The number of urea groups is 1. The van der Waals surface area contributed by atoms with Crippen LogP contribution in [0.1, 0.15) is 59.3 Å². The van der Waals surface area contributed by atoms with Crippen LogP contribution in [-0.2, 0) is 0 Å². The maximum absolute atomic E-state index is 12.3. The fourth-order valence-electron chi connectivity index (χ4n) is 3.96. The lowest BCUT2D eigenvalue weighted by atomic mass is 9.64. The van der Waals surface area contributed by atoms with Crippen LogP contribution < -0.4 is 5.32 Å². The molecule has 0 aromatic rings. The molecule has 4 heteroatoms. The van der Waals surface area contributed by atoms with E-state index in [9.17, 15) is 9.90 Å². The van der Waals surface area contributed by atoms with Gasteiger partial charge in [0.25, 0.3) is 0 Å². The van der Waals surface area contributed by atoms with Crippen LogP contribution in [0.15, 0.2) is 0 Å². The van der Waals surface area contributed by atoms with Crippen LogP contribution in [0, 0.1) is 17.3 Å². The van der Waals surface area contributed by atoms with E-state index in [4.69, 9.17) is 0 Å². The molecule has 2 amide bonds. The predicted octanol–water partition coefficient (Wildman–Crippen LogP) is 3.01. The monoisotopic (exact) mass is 296 g/mol. The standard InChI is InChI=1S/C17H32N2O2/c1-13(2)11-17(7-4-8-17)12-18-16(21)19-9-5-15(6-10-19)14(3)20/h13-15,20H,4-12H2,1-3H3,(H,18,21). The summed E-state index contributed by atoms with van der Waals surface area (Å²) in [5.74, 6) is 1.05. The molecule has 1 saturated heterocycles. The molecule has 1 atom stereocenters. The normalized spacial score (nSPS) is 23.8. The molecular formula is C17H32N2O2. The van der Waals surface area contributed by atoms with Crippen LogP contribution in [0.25, 0.3) is 0 Å². The molecule has 1 heterocycles. The zero-order valence-corrected chi connectivity index (χ0v) is 13.9. The van der Waals surface area contributed by atoms with Gasteiger partial charge in [-0.25, -0.2) is 4.79 Å². The van der Waals surface area contributed by atoms with Crippen molar-refractivity contribution in [3.05, 3.63) is 0 Å².